The van der Waals surface area contributed by atoms with E-state index in [1.54, 1.807) is 24.3 Å². The summed E-state index contributed by atoms with van der Waals surface area (Å²) in [6, 6.07) is 8.42. The molecule has 2 aromatic heterocycles. The van der Waals surface area contributed by atoms with E-state index in [2.05, 4.69) is 9.36 Å². The Labute approximate surface area is 119 Å². The first kappa shape index (κ1) is 13.1. The maximum atomic E-state index is 12.0. The maximum Gasteiger partial charge on any atom is 0.341 e. The van der Waals surface area contributed by atoms with Gasteiger partial charge < -0.3 is 8.97 Å². The molecule has 102 valence electrons. The number of hydrogen-bond donors (Lipinski definition) is 0. The molecule has 6 nitrogen and oxygen atoms in total. The number of fused-ring (bicyclic) bond motifs is 1. The third-order valence-electron chi connectivity index (χ3n) is 2.75. The van der Waals surface area contributed by atoms with Crippen molar-refractivity contribution in [1.82, 2.24) is 9.36 Å². The lowest BCUT2D eigenvalue weighted by Crippen LogP contribution is -2.17. The van der Waals surface area contributed by atoms with Crippen molar-refractivity contribution in [2.75, 3.05) is 0 Å². The molecule has 0 amide bonds. The summed E-state index contributed by atoms with van der Waals surface area (Å²) >= 11 is -1.61. The molecule has 0 saturated carbocycles. The average Bonchev–Trinajstić information content (AvgIpc) is 2.93. The van der Waals surface area contributed by atoms with Crippen LogP contribution in [0, 0.1) is 0 Å². The molecule has 0 aliphatic rings. The number of aromatic nitrogens is 2. The Morgan fingerprint density at radius 3 is 2.85 bits per heavy atom. The third-order valence-corrected chi connectivity index (χ3v) is 4.49. The Balaban J connectivity index is 2.24. The number of para-hydroxylation sites is 1. The topological polar surface area (TPSA) is 96.1 Å². The predicted octanol–water partition coefficient (Wildman–Crippen LogP) is 1.61. The molecule has 0 bridgehead atoms. The van der Waals surface area contributed by atoms with E-state index in [4.69, 9.17) is 4.42 Å². The van der Waals surface area contributed by atoms with Crippen LogP contribution in [0.5, 0.6) is 0 Å². The van der Waals surface area contributed by atoms with E-state index in [1.165, 1.54) is 12.4 Å². The molecule has 3 rings (SSSR count). The lowest BCUT2D eigenvalue weighted by molar-refractivity contribution is 0.520. The number of rotatable bonds is 3. The van der Waals surface area contributed by atoms with E-state index >= 15 is 0 Å². The first-order valence-corrected chi connectivity index (χ1v) is 7.45. The molecule has 2 unspecified atom stereocenters. The van der Waals surface area contributed by atoms with Gasteiger partial charge in [-0.3, -0.25) is 4.21 Å². The Bertz CT molecular complexity index is 829. The molecule has 20 heavy (non-hydrogen) atoms. The summed E-state index contributed by atoms with van der Waals surface area (Å²) in [7, 11) is 0. The summed E-state index contributed by atoms with van der Waals surface area (Å²) in [6.07, 6.45) is 1.25. The van der Waals surface area contributed by atoms with Gasteiger partial charge in [-0.1, -0.05) is 18.2 Å². The van der Waals surface area contributed by atoms with Crippen LogP contribution >= 0.6 is 11.5 Å². The van der Waals surface area contributed by atoms with E-state index in [0.29, 0.717) is 11.0 Å². The molecule has 2 heterocycles. The van der Waals surface area contributed by atoms with Crippen LogP contribution in [0.1, 0.15) is 15.8 Å². The van der Waals surface area contributed by atoms with Crippen LogP contribution in [0.15, 0.2) is 45.9 Å². The zero-order valence-electron chi connectivity index (χ0n) is 9.89. The Morgan fingerprint density at radius 2 is 2.15 bits per heavy atom. The monoisotopic (exact) mass is 307 g/mol. The Morgan fingerprint density at radius 1 is 1.35 bits per heavy atom. The molecule has 0 spiro atoms. The summed E-state index contributed by atoms with van der Waals surface area (Å²) in [5.74, 6) is 0. The van der Waals surface area contributed by atoms with Crippen molar-refractivity contribution < 1.29 is 13.2 Å². The minimum absolute atomic E-state index is 0.0359. The second kappa shape index (κ2) is 5.23. The zero-order chi connectivity index (χ0) is 14.1. The van der Waals surface area contributed by atoms with E-state index in [-0.39, 0.29) is 10.6 Å². The highest BCUT2D eigenvalue weighted by Crippen LogP contribution is 2.27. The summed E-state index contributed by atoms with van der Waals surface area (Å²) < 4.78 is 31.8. The summed E-state index contributed by atoms with van der Waals surface area (Å²) in [5.41, 5.74) is -0.240. The molecule has 0 aliphatic carbocycles. The van der Waals surface area contributed by atoms with Gasteiger partial charge in [-0.05, 0) is 34.7 Å². The van der Waals surface area contributed by atoms with Gasteiger partial charge in [0.05, 0.1) is 5.56 Å². The Hall–Kier alpha value is -1.90. The van der Waals surface area contributed by atoms with Crippen molar-refractivity contribution in [2.24, 2.45) is 0 Å². The second-order valence-corrected chi connectivity index (χ2v) is 5.75. The average molecular weight is 307 g/mol. The summed E-state index contributed by atoms with van der Waals surface area (Å²) in [6.45, 7) is 0. The van der Waals surface area contributed by atoms with E-state index in [1.807, 2.05) is 0 Å². The van der Waals surface area contributed by atoms with E-state index in [9.17, 15) is 13.6 Å². The molecule has 3 aromatic rings. The molecule has 0 N–H and O–H groups in total. The van der Waals surface area contributed by atoms with Crippen LogP contribution in [0.4, 0.5) is 0 Å². The highest BCUT2D eigenvalue weighted by molar-refractivity contribution is 7.79. The molecule has 0 radical (unpaired) electrons. The molecule has 0 aliphatic heterocycles. The van der Waals surface area contributed by atoms with Crippen molar-refractivity contribution >= 4 is 33.6 Å². The summed E-state index contributed by atoms with van der Waals surface area (Å²) in [4.78, 5) is 15.9. The van der Waals surface area contributed by atoms with Crippen molar-refractivity contribution in [2.45, 2.75) is 5.25 Å². The van der Waals surface area contributed by atoms with E-state index < -0.39 is 22.0 Å². The second-order valence-electron chi connectivity index (χ2n) is 3.95. The lowest BCUT2D eigenvalue weighted by Gasteiger charge is -2.16. The fourth-order valence-electron chi connectivity index (χ4n) is 1.88. The largest absolute Gasteiger partial charge is 0.772 e. The maximum absolute atomic E-state index is 12.0. The zero-order valence-corrected chi connectivity index (χ0v) is 11.5. The fourth-order valence-corrected chi connectivity index (χ4v) is 3.36. The predicted molar refractivity (Wildman–Crippen MR) is 73.2 cm³/mol. The first-order chi connectivity index (χ1) is 9.66. The molecule has 0 saturated heterocycles. The van der Waals surface area contributed by atoms with Gasteiger partial charge in [-0.15, -0.1) is 0 Å². The summed E-state index contributed by atoms with van der Waals surface area (Å²) in [5, 5.41) is -0.272. The van der Waals surface area contributed by atoms with Crippen molar-refractivity contribution in [3.8, 4) is 0 Å². The standard InChI is InChI=1S/C12H8N2O4S2/c15-12-8(5-7-3-1-2-4-9(7)18-12)10(20(16)17)11-13-6-14-19-11/h1-6,10H,(H,16,17)/p-1. The smallest absolute Gasteiger partial charge is 0.341 e. The number of nitrogens with zero attached hydrogens (tertiary/aromatic N) is 2. The molecular formula is C12H7N2O4S2-. The molecule has 8 heteroatoms. The number of hydrogen-bond acceptors (Lipinski definition) is 7. The SMILES string of the molecule is O=c1oc2ccccc2cc1C(c1ncns1)S(=O)[O-]. The van der Waals surface area contributed by atoms with Gasteiger partial charge >= 0.3 is 5.63 Å². The van der Waals surface area contributed by atoms with Crippen LogP contribution in [0.3, 0.4) is 0 Å². The van der Waals surface area contributed by atoms with Gasteiger partial charge in [0.25, 0.3) is 0 Å². The fraction of sp³-hybridized carbons (Fsp3) is 0.0833. The van der Waals surface area contributed by atoms with Crippen LogP contribution in [-0.2, 0) is 11.1 Å². The Kier molecular flexibility index (Phi) is 3.43. The minimum atomic E-state index is -2.54. The van der Waals surface area contributed by atoms with Gasteiger partial charge in [0.15, 0.2) is 0 Å². The molecule has 1 aromatic carbocycles. The first-order valence-electron chi connectivity index (χ1n) is 5.54. The van der Waals surface area contributed by atoms with Gasteiger partial charge in [0, 0.05) is 5.39 Å². The van der Waals surface area contributed by atoms with Crippen LogP contribution in [0.25, 0.3) is 11.0 Å². The highest BCUT2D eigenvalue weighted by atomic mass is 32.2. The van der Waals surface area contributed by atoms with Crippen LogP contribution in [-0.4, -0.2) is 18.1 Å². The van der Waals surface area contributed by atoms with Gasteiger partial charge in [-0.25, -0.2) is 9.78 Å². The van der Waals surface area contributed by atoms with Crippen molar-refractivity contribution in [3.05, 3.63) is 57.7 Å². The normalized spacial score (nSPS) is 14.2. The van der Waals surface area contributed by atoms with Gasteiger partial charge in [-0.2, -0.15) is 4.37 Å². The van der Waals surface area contributed by atoms with Crippen LogP contribution in [0.2, 0.25) is 0 Å². The van der Waals surface area contributed by atoms with Crippen molar-refractivity contribution in [3.63, 3.8) is 0 Å². The highest BCUT2D eigenvalue weighted by Gasteiger charge is 2.23. The third kappa shape index (κ3) is 2.28. The number of benzene rings is 1. The van der Waals surface area contributed by atoms with Gasteiger partial charge in [0.1, 0.15) is 22.2 Å². The minimum Gasteiger partial charge on any atom is -0.772 e. The quantitative estimate of drug-likeness (QED) is 0.539. The van der Waals surface area contributed by atoms with Gasteiger partial charge in [0.2, 0.25) is 0 Å². The molecule has 0 fully saturated rings. The van der Waals surface area contributed by atoms with Crippen LogP contribution < -0.4 is 5.63 Å². The van der Waals surface area contributed by atoms with E-state index in [0.717, 1.165) is 11.5 Å². The lowest BCUT2D eigenvalue weighted by atomic mass is 10.1. The molecular weight excluding hydrogens is 300 g/mol. The molecule has 2 atom stereocenters. The van der Waals surface area contributed by atoms with Crippen molar-refractivity contribution in [1.29, 1.82) is 0 Å².